The fourth-order valence-electron chi connectivity index (χ4n) is 0.892. The molecule has 1 unspecified atom stereocenters. The summed E-state index contributed by atoms with van der Waals surface area (Å²) in [5.41, 5.74) is -0.680. The van der Waals surface area contributed by atoms with Crippen molar-refractivity contribution in [3.8, 4) is 0 Å². The van der Waals surface area contributed by atoms with Crippen LogP contribution in [0, 0.1) is 0 Å². The minimum atomic E-state index is -4.30. The van der Waals surface area contributed by atoms with Crippen LogP contribution in [0.5, 0.6) is 0 Å². The van der Waals surface area contributed by atoms with E-state index in [2.05, 4.69) is 15.9 Å². The van der Waals surface area contributed by atoms with Crippen molar-refractivity contribution in [3.63, 3.8) is 0 Å². The summed E-state index contributed by atoms with van der Waals surface area (Å²) < 4.78 is 36.8. The molecule has 0 amide bonds. The number of allylic oxidation sites excluding steroid dienone is 4. The molecule has 0 fully saturated rings. The molecule has 1 rings (SSSR count). The topological polar surface area (TPSA) is 0 Å². The summed E-state index contributed by atoms with van der Waals surface area (Å²) in [5, 5.41) is -0.569. The molecular formula is C7H5BrClF3. The number of alkyl halides is 4. The van der Waals surface area contributed by atoms with Crippen molar-refractivity contribution < 1.29 is 13.2 Å². The molecule has 0 heterocycles. The molecule has 0 aliphatic heterocycles. The van der Waals surface area contributed by atoms with Crippen LogP contribution < -0.4 is 0 Å². The zero-order valence-electron chi connectivity index (χ0n) is 5.83. The molecule has 1 aliphatic rings. The van der Waals surface area contributed by atoms with E-state index >= 15 is 0 Å². The van der Waals surface area contributed by atoms with Gasteiger partial charge in [0.15, 0.2) is 0 Å². The van der Waals surface area contributed by atoms with Gasteiger partial charge in [0.25, 0.3) is 0 Å². The second-order valence-corrected chi connectivity index (χ2v) is 4.01. The molecule has 0 saturated carbocycles. The van der Waals surface area contributed by atoms with Crippen molar-refractivity contribution in [2.24, 2.45) is 0 Å². The van der Waals surface area contributed by atoms with E-state index in [0.717, 1.165) is 12.2 Å². The molecular weight excluding hydrogens is 256 g/mol. The van der Waals surface area contributed by atoms with Crippen LogP contribution in [0.15, 0.2) is 22.2 Å². The van der Waals surface area contributed by atoms with E-state index in [1.54, 1.807) is 0 Å². The van der Waals surface area contributed by atoms with E-state index < -0.39 is 17.1 Å². The first-order valence-corrected chi connectivity index (χ1v) is 4.41. The summed E-state index contributed by atoms with van der Waals surface area (Å²) in [6.45, 7) is 0. The Kier molecular flexibility index (Phi) is 2.88. The first-order valence-electron chi connectivity index (χ1n) is 3.19. The van der Waals surface area contributed by atoms with Gasteiger partial charge in [-0.1, -0.05) is 22.0 Å². The molecule has 0 aromatic carbocycles. The van der Waals surface area contributed by atoms with E-state index in [4.69, 9.17) is 11.6 Å². The Morgan fingerprint density at radius 3 is 2.50 bits per heavy atom. The quantitative estimate of drug-likeness (QED) is 0.582. The molecule has 0 bridgehead atoms. The van der Waals surface area contributed by atoms with E-state index in [0.29, 0.717) is 10.9 Å². The molecule has 5 heteroatoms. The second-order valence-electron chi connectivity index (χ2n) is 2.43. The summed E-state index contributed by atoms with van der Waals surface area (Å²) in [5.74, 6) is 0. The molecule has 1 aliphatic carbocycles. The fourth-order valence-corrected chi connectivity index (χ4v) is 1.98. The van der Waals surface area contributed by atoms with Gasteiger partial charge in [0.2, 0.25) is 0 Å². The van der Waals surface area contributed by atoms with Crippen LogP contribution >= 0.6 is 27.5 Å². The van der Waals surface area contributed by atoms with Gasteiger partial charge in [-0.3, -0.25) is 0 Å². The van der Waals surface area contributed by atoms with Crippen LogP contribution in [-0.4, -0.2) is 11.6 Å². The third-order valence-electron chi connectivity index (χ3n) is 1.39. The van der Waals surface area contributed by atoms with Gasteiger partial charge in [0.05, 0.1) is 11.0 Å². The van der Waals surface area contributed by atoms with Crippen molar-refractivity contribution >= 4 is 27.5 Å². The van der Waals surface area contributed by atoms with E-state index in [1.165, 1.54) is 0 Å². The molecule has 68 valence electrons. The predicted octanol–water partition coefficient (Wildman–Crippen LogP) is 3.77. The summed E-state index contributed by atoms with van der Waals surface area (Å²) >= 11 is 8.56. The highest BCUT2D eigenvalue weighted by atomic mass is 79.9. The van der Waals surface area contributed by atoms with Crippen LogP contribution in [0.25, 0.3) is 0 Å². The summed E-state index contributed by atoms with van der Waals surface area (Å²) in [6.07, 6.45) is -1.81. The van der Waals surface area contributed by atoms with Crippen molar-refractivity contribution in [3.05, 3.63) is 22.2 Å². The van der Waals surface area contributed by atoms with Gasteiger partial charge >= 0.3 is 6.18 Å². The van der Waals surface area contributed by atoms with Crippen LogP contribution in [0.4, 0.5) is 13.2 Å². The number of hydrogen-bond donors (Lipinski definition) is 0. The van der Waals surface area contributed by atoms with Crippen molar-refractivity contribution in [1.29, 1.82) is 0 Å². The fraction of sp³-hybridized carbons (Fsp3) is 0.429. The lowest BCUT2D eigenvalue weighted by atomic mass is 10.1. The lowest BCUT2D eigenvalue weighted by Crippen LogP contribution is -2.15. The van der Waals surface area contributed by atoms with E-state index in [9.17, 15) is 13.2 Å². The Morgan fingerprint density at radius 1 is 1.50 bits per heavy atom. The molecule has 1 atom stereocenters. The summed E-state index contributed by atoms with van der Waals surface area (Å²) in [6, 6.07) is 0. The first-order chi connectivity index (χ1) is 5.39. The Hall–Kier alpha value is 0.0400. The first kappa shape index (κ1) is 10.1. The normalized spacial score (nSPS) is 24.9. The Morgan fingerprint density at radius 2 is 2.08 bits per heavy atom. The standard InChI is InChI=1S/C7H5BrClF3/c8-5-1-4(7(10,11)12)2-6(9)3-5/h1-2,6H,3H2. The molecule has 0 nitrogen and oxygen atoms in total. The van der Waals surface area contributed by atoms with Gasteiger partial charge in [-0.15, -0.1) is 11.6 Å². The van der Waals surface area contributed by atoms with Gasteiger partial charge in [0.1, 0.15) is 0 Å². The van der Waals surface area contributed by atoms with Gasteiger partial charge in [-0.05, 0) is 17.0 Å². The van der Waals surface area contributed by atoms with Crippen molar-refractivity contribution in [1.82, 2.24) is 0 Å². The highest BCUT2D eigenvalue weighted by Crippen LogP contribution is 2.34. The van der Waals surface area contributed by atoms with E-state index in [-0.39, 0.29) is 0 Å². The largest absolute Gasteiger partial charge is 0.416 e. The van der Waals surface area contributed by atoms with E-state index in [1.807, 2.05) is 0 Å². The Labute approximate surface area is 81.2 Å². The second kappa shape index (κ2) is 3.42. The maximum atomic E-state index is 12.1. The molecule has 0 N–H and O–H groups in total. The minimum absolute atomic E-state index is 0.418. The van der Waals surface area contributed by atoms with Crippen LogP contribution in [0.3, 0.4) is 0 Å². The smallest absolute Gasteiger partial charge is 0.166 e. The average molecular weight is 261 g/mol. The molecule has 0 aromatic rings. The zero-order valence-corrected chi connectivity index (χ0v) is 8.17. The minimum Gasteiger partial charge on any atom is -0.166 e. The van der Waals surface area contributed by atoms with Crippen molar-refractivity contribution in [2.45, 2.75) is 18.0 Å². The van der Waals surface area contributed by atoms with Crippen LogP contribution in [0.2, 0.25) is 0 Å². The summed E-state index contributed by atoms with van der Waals surface area (Å²) in [4.78, 5) is 0. The average Bonchev–Trinajstić information content (AvgIpc) is 1.82. The molecule has 0 aromatic heterocycles. The lowest BCUT2D eigenvalue weighted by molar-refractivity contribution is -0.0886. The Balaban J connectivity index is 2.91. The van der Waals surface area contributed by atoms with Gasteiger partial charge in [-0.25, -0.2) is 0 Å². The molecule has 0 saturated heterocycles. The Bertz CT molecular complexity index is 242. The molecule has 0 radical (unpaired) electrons. The molecule has 0 spiro atoms. The van der Waals surface area contributed by atoms with Crippen molar-refractivity contribution in [2.75, 3.05) is 0 Å². The number of hydrogen-bond acceptors (Lipinski definition) is 0. The maximum Gasteiger partial charge on any atom is 0.416 e. The highest BCUT2D eigenvalue weighted by Gasteiger charge is 2.34. The number of rotatable bonds is 0. The predicted molar refractivity (Wildman–Crippen MR) is 45.4 cm³/mol. The number of halogens is 5. The van der Waals surface area contributed by atoms with Gasteiger partial charge in [-0.2, -0.15) is 13.2 Å². The van der Waals surface area contributed by atoms with Crippen LogP contribution in [-0.2, 0) is 0 Å². The maximum absolute atomic E-state index is 12.1. The lowest BCUT2D eigenvalue weighted by Gasteiger charge is -2.15. The van der Waals surface area contributed by atoms with Crippen LogP contribution in [0.1, 0.15) is 6.42 Å². The monoisotopic (exact) mass is 260 g/mol. The van der Waals surface area contributed by atoms with Gasteiger partial charge in [0, 0.05) is 0 Å². The SMILES string of the molecule is FC(F)(F)C1=CC(Cl)CC(Br)=C1. The summed E-state index contributed by atoms with van der Waals surface area (Å²) in [7, 11) is 0. The highest BCUT2D eigenvalue weighted by molar-refractivity contribution is 9.11. The third kappa shape index (κ3) is 2.52. The third-order valence-corrected chi connectivity index (χ3v) is 2.22. The molecule has 12 heavy (non-hydrogen) atoms. The van der Waals surface area contributed by atoms with Gasteiger partial charge < -0.3 is 0 Å². The zero-order chi connectivity index (χ0) is 9.35.